The number of anilines is 1. The van der Waals surface area contributed by atoms with Gasteiger partial charge in [0.2, 0.25) is 15.7 Å². The van der Waals surface area contributed by atoms with Gasteiger partial charge in [-0.3, -0.25) is 4.79 Å². The molecule has 0 bridgehead atoms. The van der Waals surface area contributed by atoms with Crippen molar-refractivity contribution in [2.75, 3.05) is 18.0 Å². The molecule has 0 aliphatic heterocycles. The molecule has 2 rings (SSSR count). The van der Waals surface area contributed by atoms with Gasteiger partial charge in [0, 0.05) is 24.7 Å². The topological polar surface area (TPSA) is 115 Å². The van der Waals surface area contributed by atoms with Crippen molar-refractivity contribution in [3.8, 4) is 0 Å². The lowest BCUT2D eigenvalue weighted by molar-refractivity contribution is -0.120. The van der Waals surface area contributed by atoms with Gasteiger partial charge in [-0.25, -0.2) is 8.42 Å². The fourth-order valence-corrected chi connectivity index (χ4v) is 2.74. The lowest BCUT2D eigenvalue weighted by Gasteiger charge is -2.01. The van der Waals surface area contributed by atoms with Crippen molar-refractivity contribution in [3.05, 3.63) is 18.2 Å². The van der Waals surface area contributed by atoms with Crippen molar-refractivity contribution >= 4 is 32.5 Å². The first-order chi connectivity index (χ1) is 9.42. The van der Waals surface area contributed by atoms with Crippen molar-refractivity contribution in [1.82, 2.24) is 10.3 Å². The van der Waals surface area contributed by atoms with Crippen LogP contribution in [-0.4, -0.2) is 31.6 Å². The van der Waals surface area contributed by atoms with Crippen LogP contribution in [0.4, 0.5) is 5.69 Å². The van der Waals surface area contributed by atoms with Gasteiger partial charge < -0.3 is 15.5 Å². The van der Waals surface area contributed by atoms with Crippen molar-refractivity contribution in [1.29, 1.82) is 0 Å². The van der Waals surface area contributed by atoms with Gasteiger partial charge in [-0.2, -0.15) is 4.98 Å². The lowest BCUT2D eigenvalue weighted by atomic mass is 10.3. The predicted octanol–water partition coefficient (Wildman–Crippen LogP) is 0.710. The van der Waals surface area contributed by atoms with E-state index in [-0.39, 0.29) is 23.3 Å². The van der Waals surface area contributed by atoms with Crippen LogP contribution in [0, 0.1) is 0 Å². The molecule has 0 radical (unpaired) electrons. The number of benzene rings is 1. The minimum atomic E-state index is -3.73. The van der Waals surface area contributed by atoms with Crippen molar-refractivity contribution in [2.45, 2.75) is 18.6 Å². The van der Waals surface area contributed by atoms with E-state index in [0.29, 0.717) is 23.3 Å². The van der Waals surface area contributed by atoms with Crippen LogP contribution in [-0.2, 0) is 14.6 Å². The number of oxazole rings is 1. The first-order valence-electron chi connectivity index (χ1n) is 6.08. The smallest absolute Gasteiger partial charge is 0.316 e. The summed E-state index contributed by atoms with van der Waals surface area (Å²) in [4.78, 5) is 15.2. The summed E-state index contributed by atoms with van der Waals surface area (Å²) in [6.45, 7) is 2.22. The minimum absolute atomic E-state index is 0.128. The summed E-state index contributed by atoms with van der Waals surface area (Å²) in [6, 6.07) is 4.69. The number of carbonyl (C=O) groups excluding carboxylic acids is 1. The van der Waals surface area contributed by atoms with E-state index in [1.165, 1.54) is 6.07 Å². The number of hydrogen-bond acceptors (Lipinski definition) is 6. The van der Waals surface area contributed by atoms with Gasteiger partial charge in [0.1, 0.15) is 5.52 Å². The number of sulfone groups is 1. The first-order valence-corrected chi connectivity index (χ1v) is 7.73. The molecule has 0 atom stereocenters. The van der Waals surface area contributed by atoms with E-state index in [0.717, 1.165) is 0 Å². The van der Waals surface area contributed by atoms with Crippen LogP contribution in [0.1, 0.15) is 13.3 Å². The SMILES string of the molecule is CCNC(=O)CCS(=O)(=O)c1nc2ccc(N)cc2o1. The molecule has 0 fully saturated rings. The number of hydrogen-bond donors (Lipinski definition) is 2. The van der Waals surface area contributed by atoms with E-state index < -0.39 is 9.84 Å². The molecule has 20 heavy (non-hydrogen) atoms. The van der Waals surface area contributed by atoms with E-state index in [1.807, 2.05) is 0 Å². The summed E-state index contributed by atoms with van der Waals surface area (Å²) in [6.07, 6.45) is -0.128. The number of nitrogens with two attached hydrogens (primary N) is 1. The van der Waals surface area contributed by atoms with Crippen LogP contribution in [0.25, 0.3) is 11.1 Å². The first kappa shape index (κ1) is 14.3. The maximum Gasteiger partial charge on any atom is 0.316 e. The van der Waals surface area contributed by atoms with Gasteiger partial charge in [0.15, 0.2) is 5.58 Å². The zero-order valence-electron chi connectivity index (χ0n) is 10.9. The molecule has 1 aromatic carbocycles. The number of rotatable bonds is 5. The molecule has 1 heterocycles. The second-order valence-electron chi connectivity index (χ2n) is 4.23. The van der Waals surface area contributed by atoms with Gasteiger partial charge in [-0.1, -0.05) is 0 Å². The highest BCUT2D eigenvalue weighted by molar-refractivity contribution is 7.91. The van der Waals surface area contributed by atoms with Crippen molar-refractivity contribution < 1.29 is 17.6 Å². The fraction of sp³-hybridized carbons (Fsp3) is 0.333. The quantitative estimate of drug-likeness (QED) is 0.785. The Morgan fingerprint density at radius 2 is 2.20 bits per heavy atom. The molecular formula is C12H15N3O4S. The van der Waals surface area contributed by atoms with Gasteiger partial charge in [0.25, 0.3) is 0 Å². The highest BCUT2D eigenvalue weighted by Gasteiger charge is 2.23. The van der Waals surface area contributed by atoms with E-state index in [4.69, 9.17) is 10.2 Å². The Balaban J connectivity index is 2.21. The molecule has 8 heteroatoms. The molecule has 2 aromatic rings. The molecule has 7 nitrogen and oxygen atoms in total. The Labute approximate surface area is 116 Å². The second kappa shape index (κ2) is 5.49. The summed E-state index contributed by atoms with van der Waals surface area (Å²) < 4.78 is 29.3. The summed E-state index contributed by atoms with van der Waals surface area (Å²) in [5.74, 6) is -0.669. The largest absolute Gasteiger partial charge is 0.428 e. The average Bonchev–Trinajstić information content (AvgIpc) is 2.80. The maximum absolute atomic E-state index is 12.0. The number of aromatic nitrogens is 1. The number of nitrogen functional groups attached to an aromatic ring is 1. The highest BCUT2D eigenvalue weighted by Crippen LogP contribution is 2.22. The monoisotopic (exact) mass is 297 g/mol. The second-order valence-corrected chi connectivity index (χ2v) is 6.22. The summed E-state index contributed by atoms with van der Waals surface area (Å²) in [7, 11) is -3.73. The molecule has 0 saturated carbocycles. The fourth-order valence-electron chi connectivity index (χ4n) is 1.65. The minimum Gasteiger partial charge on any atom is -0.428 e. The molecule has 0 aliphatic rings. The summed E-state index contributed by atoms with van der Waals surface area (Å²) >= 11 is 0. The third-order valence-corrected chi connectivity index (χ3v) is 4.08. The van der Waals surface area contributed by atoms with Gasteiger partial charge in [0.05, 0.1) is 5.75 Å². The normalized spacial score (nSPS) is 11.7. The number of carbonyl (C=O) groups is 1. The van der Waals surface area contributed by atoms with Gasteiger partial charge in [-0.15, -0.1) is 0 Å². The van der Waals surface area contributed by atoms with Crippen LogP contribution in [0.2, 0.25) is 0 Å². The third-order valence-electron chi connectivity index (χ3n) is 2.63. The van der Waals surface area contributed by atoms with Crippen LogP contribution < -0.4 is 11.1 Å². The van der Waals surface area contributed by atoms with Crippen LogP contribution in [0.15, 0.2) is 27.8 Å². The van der Waals surface area contributed by atoms with E-state index >= 15 is 0 Å². The third kappa shape index (κ3) is 3.08. The molecule has 0 unspecified atom stereocenters. The summed E-state index contributed by atoms with van der Waals surface area (Å²) in [5.41, 5.74) is 6.76. The van der Waals surface area contributed by atoms with Crippen LogP contribution in [0.5, 0.6) is 0 Å². The number of nitrogens with one attached hydrogen (secondary N) is 1. The Bertz CT molecular complexity index is 736. The Kier molecular flexibility index (Phi) is 3.93. The van der Waals surface area contributed by atoms with Crippen molar-refractivity contribution in [3.63, 3.8) is 0 Å². The number of nitrogens with zero attached hydrogens (tertiary/aromatic N) is 1. The van der Waals surface area contributed by atoms with Gasteiger partial charge >= 0.3 is 5.22 Å². The number of amides is 1. The summed E-state index contributed by atoms with van der Waals surface area (Å²) in [5, 5.41) is 2.15. The van der Waals surface area contributed by atoms with Crippen LogP contribution in [0.3, 0.4) is 0 Å². The number of fused-ring (bicyclic) bond motifs is 1. The Hall–Kier alpha value is -2.09. The van der Waals surface area contributed by atoms with Gasteiger partial charge in [-0.05, 0) is 19.1 Å². The predicted molar refractivity (Wildman–Crippen MR) is 73.8 cm³/mol. The molecule has 1 amide bonds. The molecule has 108 valence electrons. The Morgan fingerprint density at radius 1 is 1.45 bits per heavy atom. The zero-order chi connectivity index (χ0) is 14.8. The standard InChI is InChI=1S/C12H15N3O4S/c1-2-14-11(16)5-6-20(17,18)12-15-9-4-3-8(13)7-10(9)19-12/h3-4,7H,2,5-6,13H2,1H3,(H,14,16). The van der Waals surface area contributed by atoms with E-state index in [2.05, 4.69) is 10.3 Å². The molecule has 3 N–H and O–H groups in total. The van der Waals surface area contributed by atoms with E-state index in [9.17, 15) is 13.2 Å². The molecule has 0 saturated heterocycles. The highest BCUT2D eigenvalue weighted by atomic mass is 32.2. The lowest BCUT2D eigenvalue weighted by Crippen LogP contribution is -2.25. The van der Waals surface area contributed by atoms with Crippen molar-refractivity contribution in [2.24, 2.45) is 0 Å². The molecule has 0 spiro atoms. The molecule has 0 aliphatic carbocycles. The Morgan fingerprint density at radius 3 is 2.90 bits per heavy atom. The molecule has 1 aromatic heterocycles. The molecular weight excluding hydrogens is 282 g/mol. The average molecular weight is 297 g/mol. The van der Waals surface area contributed by atoms with Crippen LogP contribution >= 0.6 is 0 Å². The van der Waals surface area contributed by atoms with E-state index in [1.54, 1.807) is 19.1 Å². The maximum atomic E-state index is 12.0. The zero-order valence-corrected chi connectivity index (χ0v) is 11.7.